The van der Waals surface area contributed by atoms with Gasteiger partial charge in [-0.15, -0.1) is 0 Å². The molecule has 0 saturated heterocycles. The van der Waals surface area contributed by atoms with Crippen molar-refractivity contribution in [1.29, 1.82) is 0 Å². The first-order chi connectivity index (χ1) is 22.5. The van der Waals surface area contributed by atoms with E-state index in [2.05, 4.69) is 5.32 Å². The molecule has 4 aromatic carbocycles. The number of ether oxygens (including phenoxy) is 1. The van der Waals surface area contributed by atoms with Crippen LogP contribution in [0.4, 0.5) is 5.69 Å². The van der Waals surface area contributed by atoms with Gasteiger partial charge in [-0.3, -0.25) is 13.9 Å². The molecule has 0 fully saturated rings. The third-order valence-corrected chi connectivity index (χ3v) is 9.91. The van der Waals surface area contributed by atoms with Crippen LogP contribution in [0, 0.1) is 0 Å². The van der Waals surface area contributed by atoms with Crippen molar-refractivity contribution in [3.8, 4) is 5.75 Å². The Hall–Kier alpha value is -4.05. The molecule has 0 aliphatic heterocycles. The molecule has 47 heavy (non-hydrogen) atoms. The fourth-order valence-electron chi connectivity index (χ4n) is 4.96. The molecule has 0 unspecified atom stereocenters. The molecule has 0 bridgehead atoms. The summed E-state index contributed by atoms with van der Waals surface area (Å²) in [5.41, 5.74) is 1.79. The number of nitrogens with zero attached hydrogens (tertiary/aromatic N) is 2. The Labute approximate surface area is 287 Å². The summed E-state index contributed by atoms with van der Waals surface area (Å²) in [6.07, 6.45) is 0.902. The molecule has 0 saturated carbocycles. The highest BCUT2D eigenvalue weighted by Crippen LogP contribution is 2.28. The Bertz CT molecular complexity index is 1740. The highest BCUT2D eigenvalue weighted by molar-refractivity contribution is 7.92. The van der Waals surface area contributed by atoms with Gasteiger partial charge in [0.1, 0.15) is 18.3 Å². The van der Waals surface area contributed by atoms with E-state index in [0.717, 1.165) is 9.87 Å². The monoisotopic (exact) mass is 695 g/mol. The van der Waals surface area contributed by atoms with Crippen molar-refractivity contribution in [1.82, 2.24) is 10.2 Å². The van der Waals surface area contributed by atoms with Crippen LogP contribution in [0.2, 0.25) is 10.0 Å². The molecule has 0 aliphatic rings. The molecule has 11 heteroatoms. The van der Waals surface area contributed by atoms with Crippen LogP contribution in [0.15, 0.2) is 108 Å². The first kappa shape index (κ1) is 35.8. The largest absolute Gasteiger partial charge is 0.494 e. The van der Waals surface area contributed by atoms with E-state index in [9.17, 15) is 18.0 Å². The molecular weight excluding hydrogens is 657 g/mol. The normalized spacial score (nSPS) is 12.5. The van der Waals surface area contributed by atoms with Gasteiger partial charge in [0.2, 0.25) is 11.8 Å². The number of halogens is 2. The van der Waals surface area contributed by atoms with Crippen LogP contribution in [0.5, 0.6) is 5.75 Å². The predicted molar refractivity (Wildman–Crippen MR) is 187 cm³/mol. The van der Waals surface area contributed by atoms with E-state index in [1.54, 1.807) is 42.5 Å². The molecule has 248 valence electrons. The first-order valence-corrected chi connectivity index (χ1v) is 17.6. The molecule has 2 atom stereocenters. The lowest BCUT2D eigenvalue weighted by atomic mass is 10.0. The van der Waals surface area contributed by atoms with Crippen LogP contribution in [-0.2, 0) is 32.6 Å². The van der Waals surface area contributed by atoms with E-state index >= 15 is 0 Å². The summed E-state index contributed by atoms with van der Waals surface area (Å²) in [7, 11) is -4.27. The Morgan fingerprint density at radius 1 is 0.830 bits per heavy atom. The number of carbonyl (C=O) groups excluding carboxylic acids is 2. The van der Waals surface area contributed by atoms with Gasteiger partial charge in [0.05, 0.1) is 17.2 Å². The molecule has 0 aromatic heterocycles. The quantitative estimate of drug-likeness (QED) is 0.143. The second kappa shape index (κ2) is 16.7. The number of benzene rings is 4. The first-order valence-electron chi connectivity index (χ1n) is 15.4. The van der Waals surface area contributed by atoms with E-state index < -0.39 is 28.5 Å². The predicted octanol–water partition coefficient (Wildman–Crippen LogP) is 7.14. The van der Waals surface area contributed by atoms with Gasteiger partial charge in [0.25, 0.3) is 10.0 Å². The highest BCUT2D eigenvalue weighted by atomic mass is 35.5. The number of amides is 2. The van der Waals surface area contributed by atoms with Crippen molar-refractivity contribution in [3.63, 3.8) is 0 Å². The van der Waals surface area contributed by atoms with Gasteiger partial charge < -0.3 is 15.0 Å². The molecule has 0 aliphatic carbocycles. The second-order valence-electron chi connectivity index (χ2n) is 11.1. The van der Waals surface area contributed by atoms with Gasteiger partial charge >= 0.3 is 0 Å². The van der Waals surface area contributed by atoms with Crippen LogP contribution in [0.1, 0.15) is 38.3 Å². The zero-order chi connectivity index (χ0) is 34.0. The average molecular weight is 697 g/mol. The zero-order valence-corrected chi connectivity index (χ0v) is 28.9. The molecular formula is C36H39Cl2N3O5S. The number of nitrogens with one attached hydrogen (secondary N) is 1. The van der Waals surface area contributed by atoms with Crippen molar-refractivity contribution >= 4 is 50.7 Å². The zero-order valence-electron chi connectivity index (χ0n) is 26.6. The van der Waals surface area contributed by atoms with Gasteiger partial charge in [0, 0.05) is 29.1 Å². The van der Waals surface area contributed by atoms with Gasteiger partial charge in [-0.2, -0.15) is 0 Å². The fourth-order valence-corrected chi connectivity index (χ4v) is 6.72. The number of anilines is 1. The van der Waals surface area contributed by atoms with E-state index in [0.29, 0.717) is 34.4 Å². The standard InChI is InChI=1S/C36H39Cl2N3O5S/c1-4-26(3)39-36(43)34(23-27-10-7-6-8-11-27)40(24-28-12-9-13-30(38)22-28)35(42)25-41(31-16-18-32(19-17-31)46-5-2)47(44,45)33-20-14-29(37)15-21-33/h6-22,26,34H,4-5,23-25H2,1-3H3,(H,39,43)/t26-,34-/m1/s1. The van der Waals surface area contributed by atoms with Gasteiger partial charge in [-0.1, -0.05) is 72.6 Å². The molecule has 2 amide bonds. The minimum atomic E-state index is -4.27. The van der Waals surface area contributed by atoms with Crippen molar-refractivity contribution in [2.75, 3.05) is 17.5 Å². The Kier molecular flexibility index (Phi) is 12.7. The Morgan fingerprint density at radius 2 is 1.49 bits per heavy atom. The van der Waals surface area contributed by atoms with E-state index in [1.807, 2.05) is 57.2 Å². The molecule has 0 radical (unpaired) electrons. The van der Waals surface area contributed by atoms with Crippen LogP contribution in [0.3, 0.4) is 0 Å². The average Bonchev–Trinajstić information content (AvgIpc) is 3.06. The number of rotatable bonds is 15. The van der Waals surface area contributed by atoms with Crippen LogP contribution in [-0.4, -0.2) is 50.4 Å². The number of hydrogen-bond donors (Lipinski definition) is 1. The van der Waals surface area contributed by atoms with Crippen molar-refractivity contribution in [2.24, 2.45) is 0 Å². The maximum Gasteiger partial charge on any atom is 0.264 e. The van der Waals surface area contributed by atoms with Crippen LogP contribution >= 0.6 is 23.2 Å². The van der Waals surface area contributed by atoms with Gasteiger partial charge in [0.15, 0.2) is 0 Å². The molecule has 0 heterocycles. The minimum Gasteiger partial charge on any atom is -0.494 e. The summed E-state index contributed by atoms with van der Waals surface area (Å²) in [6, 6.07) is 27.5. The number of carbonyl (C=O) groups is 2. The minimum absolute atomic E-state index is 0.0168. The van der Waals surface area contributed by atoms with Crippen molar-refractivity contribution in [2.45, 2.75) is 57.1 Å². The molecule has 8 nitrogen and oxygen atoms in total. The van der Waals surface area contributed by atoms with Gasteiger partial charge in [-0.25, -0.2) is 8.42 Å². The number of sulfonamides is 1. The van der Waals surface area contributed by atoms with Gasteiger partial charge in [-0.05, 0) is 92.1 Å². The van der Waals surface area contributed by atoms with E-state index in [4.69, 9.17) is 27.9 Å². The van der Waals surface area contributed by atoms with Crippen molar-refractivity contribution < 1.29 is 22.7 Å². The topological polar surface area (TPSA) is 96.0 Å². The lowest BCUT2D eigenvalue weighted by molar-refractivity contribution is -0.140. The van der Waals surface area contributed by atoms with Crippen molar-refractivity contribution in [3.05, 3.63) is 124 Å². The Morgan fingerprint density at radius 3 is 2.11 bits per heavy atom. The van der Waals surface area contributed by atoms with E-state index in [1.165, 1.54) is 29.2 Å². The maximum absolute atomic E-state index is 14.6. The lowest BCUT2D eigenvalue weighted by Gasteiger charge is -2.34. The lowest BCUT2D eigenvalue weighted by Crippen LogP contribution is -2.54. The van der Waals surface area contributed by atoms with Crippen LogP contribution in [0.25, 0.3) is 0 Å². The Balaban J connectivity index is 1.81. The summed E-state index contributed by atoms with van der Waals surface area (Å²) >= 11 is 12.4. The SMILES string of the molecule is CCOc1ccc(N(CC(=O)N(Cc2cccc(Cl)c2)[C@H](Cc2ccccc2)C(=O)N[C@H](C)CC)S(=O)(=O)c2ccc(Cl)cc2)cc1. The van der Waals surface area contributed by atoms with E-state index in [-0.39, 0.29) is 35.5 Å². The van der Waals surface area contributed by atoms with Crippen LogP contribution < -0.4 is 14.4 Å². The third-order valence-electron chi connectivity index (χ3n) is 7.63. The molecule has 0 spiro atoms. The fraction of sp³-hybridized carbons (Fsp3) is 0.278. The molecule has 4 rings (SSSR count). The molecule has 4 aromatic rings. The number of hydrogen-bond acceptors (Lipinski definition) is 5. The summed E-state index contributed by atoms with van der Waals surface area (Å²) in [4.78, 5) is 29.9. The highest BCUT2D eigenvalue weighted by Gasteiger charge is 2.35. The smallest absolute Gasteiger partial charge is 0.264 e. The summed E-state index contributed by atoms with van der Waals surface area (Å²) in [5.74, 6) is -0.359. The summed E-state index contributed by atoms with van der Waals surface area (Å²) in [5, 5.41) is 3.87. The molecule has 1 N–H and O–H groups in total. The maximum atomic E-state index is 14.6. The second-order valence-corrected chi connectivity index (χ2v) is 13.8. The summed E-state index contributed by atoms with van der Waals surface area (Å²) in [6.45, 7) is 5.58. The summed E-state index contributed by atoms with van der Waals surface area (Å²) < 4.78 is 35.0. The third kappa shape index (κ3) is 9.73.